The molecule has 0 aliphatic rings. The smallest absolute Gasteiger partial charge is 0.338 e. The van der Waals surface area contributed by atoms with Crippen LogP contribution in [0.4, 0.5) is 0 Å². The highest BCUT2D eigenvalue weighted by molar-refractivity contribution is 5.89. The van der Waals surface area contributed by atoms with E-state index < -0.39 is 11.9 Å². The first-order valence-electron chi connectivity index (χ1n) is 6.50. The van der Waals surface area contributed by atoms with Crippen LogP contribution in [0.2, 0.25) is 0 Å². The lowest BCUT2D eigenvalue weighted by molar-refractivity contribution is -0.130. The number of para-hydroxylation sites is 1. The number of aromatic hydroxyl groups is 2. The van der Waals surface area contributed by atoms with Crippen molar-refractivity contribution in [3.05, 3.63) is 66.2 Å². The molecule has 23 heavy (non-hydrogen) atoms. The van der Waals surface area contributed by atoms with E-state index in [1.807, 2.05) is 0 Å². The first-order chi connectivity index (χ1) is 10.8. The molecule has 6 nitrogen and oxygen atoms in total. The van der Waals surface area contributed by atoms with Crippen LogP contribution >= 0.6 is 0 Å². The maximum absolute atomic E-state index is 11.1. The number of phenolic OH excluding ortho intramolecular Hbond substituents is 2. The van der Waals surface area contributed by atoms with E-state index in [1.54, 1.807) is 30.3 Å². The number of aromatic carboxylic acids is 1. The molecule has 0 spiro atoms. The van der Waals surface area contributed by atoms with E-state index >= 15 is 0 Å². The zero-order valence-electron chi connectivity index (χ0n) is 12.4. The summed E-state index contributed by atoms with van der Waals surface area (Å²) in [4.78, 5) is 21.3. The van der Waals surface area contributed by atoms with Crippen molar-refractivity contribution in [1.29, 1.82) is 0 Å². The monoisotopic (exact) mass is 316 g/mol. The molecule has 0 unspecified atom stereocenters. The summed E-state index contributed by atoms with van der Waals surface area (Å²) in [5.74, 6) is -2.41. The lowest BCUT2D eigenvalue weighted by Gasteiger charge is -2.06. The van der Waals surface area contributed by atoms with Gasteiger partial charge in [-0.2, -0.15) is 0 Å². The third kappa shape index (κ3) is 5.55. The standard InChI is InChI=1S/C10H10O4.C7H6O2/c1-6(2)10(13)14-9-7(11)4-3-5-8(9)12;8-7(9)6-4-2-1-3-5-6/h3-5,11-12H,1H2,2H3;1-5H,(H,8,9). The maximum atomic E-state index is 11.1. The average Bonchev–Trinajstić information content (AvgIpc) is 2.52. The number of esters is 1. The van der Waals surface area contributed by atoms with E-state index in [0.717, 1.165) is 0 Å². The van der Waals surface area contributed by atoms with E-state index in [1.165, 1.54) is 25.1 Å². The first kappa shape index (κ1) is 17.8. The highest BCUT2D eigenvalue weighted by Gasteiger charge is 2.13. The van der Waals surface area contributed by atoms with Gasteiger partial charge in [0.1, 0.15) is 0 Å². The molecule has 0 fully saturated rings. The molecule has 0 saturated heterocycles. The molecular formula is C17H16O6. The molecular weight excluding hydrogens is 300 g/mol. The summed E-state index contributed by atoms with van der Waals surface area (Å²) in [6.07, 6.45) is 0. The molecule has 0 saturated carbocycles. The first-order valence-corrected chi connectivity index (χ1v) is 6.50. The highest BCUT2D eigenvalue weighted by Crippen LogP contribution is 2.35. The topological polar surface area (TPSA) is 104 Å². The number of ether oxygens (including phenoxy) is 1. The molecule has 0 aliphatic heterocycles. The van der Waals surface area contributed by atoms with Crippen LogP contribution in [-0.4, -0.2) is 27.3 Å². The van der Waals surface area contributed by atoms with E-state index in [2.05, 4.69) is 6.58 Å². The van der Waals surface area contributed by atoms with Crippen LogP contribution in [0.25, 0.3) is 0 Å². The van der Waals surface area contributed by atoms with Gasteiger partial charge in [-0.3, -0.25) is 0 Å². The summed E-state index contributed by atoms with van der Waals surface area (Å²) in [7, 11) is 0. The molecule has 2 aromatic carbocycles. The number of carbonyl (C=O) groups is 2. The number of phenols is 2. The fraction of sp³-hybridized carbons (Fsp3) is 0.0588. The molecule has 2 rings (SSSR count). The third-order valence-corrected chi connectivity index (χ3v) is 2.54. The van der Waals surface area contributed by atoms with Gasteiger partial charge in [-0.1, -0.05) is 30.8 Å². The zero-order valence-corrected chi connectivity index (χ0v) is 12.4. The van der Waals surface area contributed by atoms with Crippen molar-refractivity contribution in [2.24, 2.45) is 0 Å². The molecule has 0 atom stereocenters. The van der Waals surface area contributed by atoms with E-state index in [4.69, 9.17) is 9.84 Å². The van der Waals surface area contributed by atoms with Crippen molar-refractivity contribution in [3.8, 4) is 17.2 Å². The second kappa shape index (κ2) is 8.23. The zero-order chi connectivity index (χ0) is 17.4. The van der Waals surface area contributed by atoms with Crippen molar-refractivity contribution in [2.75, 3.05) is 0 Å². The Hall–Kier alpha value is -3.28. The molecule has 0 amide bonds. The Balaban J connectivity index is 0.000000253. The van der Waals surface area contributed by atoms with Gasteiger partial charge >= 0.3 is 11.9 Å². The van der Waals surface area contributed by atoms with Gasteiger partial charge in [0.05, 0.1) is 5.56 Å². The van der Waals surface area contributed by atoms with Gasteiger partial charge in [-0.15, -0.1) is 0 Å². The fourth-order valence-electron chi connectivity index (χ4n) is 1.38. The van der Waals surface area contributed by atoms with E-state index in [0.29, 0.717) is 5.56 Å². The van der Waals surface area contributed by atoms with E-state index in [9.17, 15) is 19.8 Å². The summed E-state index contributed by atoms with van der Waals surface area (Å²) < 4.78 is 4.70. The summed E-state index contributed by atoms with van der Waals surface area (Å²) >= 11 is 0. The Morgan fingerprint density at radius 3 is 1.87 bits per heavy atom. The quantitative estimate of drug-likeness (QED) is 0.457. The number of benzene rings is 2. The number of hydrogen-bond donors (Lipinski definition) is 3. The van der Waals surface area contributed by atoms with Crippen molar-refractivity contribution in [2.45, 2.75) is 6.92 Å². The minimum absolute atomic E-state index is 0.188. The van der Waals surface area contributed by atoms with Crippen molar-refractivity contribution < 1.29 is 29.6 Å². The number of carboxylic acid groups (broad SMARTS) is 1. The van der Waals surface area contributed by atoms with Crippen LogP contribution in [0.1, 0.15) is 17.3 Å². The van der Waals surface area contributed by atoms with Crippen LogP contribution < -0.4 is 4.74 Å². The second-order valence-corrected chi connectivity index (χ2v) is 4.47. The summed E-state index contributed by atoms with van der Waals surface area (Å²) in [5.41, 5.74) is 0.519. The van der Waals surface area contributed by atoms with Gasteiger partial charge in [-0.25, -0.2) is 9.59 Å². The normalized spacial score (nSPS) is 9.26. The minimum atomic E-state index is -0.879. The predicted octanol–water partition coefficient (Wildman–Crippen LogP) is 2.96. The molecule has 3 N–H and O–H groups in total. The Kier molecular flexibility index (Phi) is 6.36. The SMILES string of the molecule is C=C(C)C(=O)Oc1c(O)cccc1O.O=C(O)c1ccccc1. The number of carbonyl (C=O) groups excluding carboxylic acids is 1. The molecule has 2 aromatic rings. The number of hydrogen-bond acceptors (Lipinski definition) is 5. The van der Waals surface area contributed by atoms with Gasteiger partial charge in [0.15, 0.2) is 11.5 Å². The van der Waals surface area contributed by atoms with Crippen LogP contribution in [0.15, 0.2) is 60.7 Å². The summed E-state index contributed by atoms with van der Waals surface area (Å²) in [6, 6.07) is 12.3. The Bertz CT molecular complexity index is 686. The average molecular weight is 316 g/mol. The molecule has 120 valence electrons. The molecule has 0 aliphatic carbocycles. The molecule has 6 heteroatoms. The summed E-state index contributed by atoms with van der Waals surface area (Å²) in [6.45, 7) is 4.84. The fourth-order valence-corrected chi connectivity index (χ4v) is 1.38. The van der Waals surface area contributed by atoms with Crippen LogP contribution in [-0.2, 0) is 4.79 Å². The van der Waals surface area contributed by atoms with Gasteiger partial charge in [0, 0.05) is 5.57 Å². The Morgan fingerprint density at radius 2 is 1.48 bits per heavy atom. The molecule has 0 bridgehead atoms. The number of rotatable bonds is 3. The Morgan fingerprint density at radius 1 is 0.957 bits per heavy atom. The second-order valence-electron chi connectivity index (χ2n) is 4.47. The Labute approximate surface area is 132 Å². The number of carboxylic acids is 1. The lowest BCUT2D eigenvalue weighted by atomic mass is 10.2. The van der Waals surface area contributed by atoms with Crippen molar-refractivity contribution in [3.63, 3.8) is 0 Å². The largest absolute Gasteiger partial charge is 0.504 e. The van der Waals surface area contributed by atoms with Gasteiger partial charge in [0.2, 0.25) is 5.75 Å². The highest BCUT2D eigenvalue weighted by atomic mass is 16.5. The van der Waals surface area contributed by atoms with Gasteiger partial charge in [-0.05, 0) is 31.2 Å². The molecule has 0 aromatic heterocycles. The maximum Gasteiger partial charge on any atom is 0.338 e. The van der Waals surface area contributed by atoms with Crippen LogP contribution in [0.3, 0.4) is 0 Å². The van der Waals surface area contributed by atoms with E-state index in [-0.39, 0.29) is 22.8 Å². The van der Waals surface area contributed by atoms with Crippen molar-refractivity contribution >= 4 is 11.9 Å². The predicted molar refractivity (Wildman–Crippen MR) is 83.6 cm³/mol. The van der Waals surface area contributed by atoms with Gasteiger partial charge < -0.3 is 20.1 Å². The third-order valence-electron chi connectivity index (χ3n) is 2.54. The minimum Gasteiger partial charge on any atom is -0.504 e. The lowest BCUT2D eigenvalue weighted by Crippen LogP contribution is -2.08. The van der Waals surface area contributed by atoms with Crippen LogP contribution in [0.5, 0.6) is 17.2 Å². The summed E-state index contributed by atoms with van der Waals surface area (Å²) in [5, 5.41) is 26.9. The van der Waals surface area contributed by atoms with Crippen molar-refractivity contribution in [1.82, 2.24) is 0 Å². The molecule has 0 radical (unpaired) electrons. The van der Waals surface area contributed by atoms with Gasteiger partial charge in [0.25, 0.3) is 0 Å². The van der Waals surface area contributed by atoms with Crippen LogP contribution in [0, 0.1) is 0 Å². The molecule has 0 heterocycles.